The van der Waals surface area contributed by atoms with Crippen LogP contribution in [-0.4, -0.2) is 40.2 Å². The lowest BCUT2D eigenvalue weighted by Gasteiger charge is -2.34. The van der Waals surface area contributed by atoms with Gasteiger partial charge in [-0.1, -0.05) is 12.1 Å². The van der Waals surface area contributed by atoms with E-state index in [4.69, 9.17) is 4.74 Å². The van der Waals surface area contributed by atoms with E-state index in [9.17, 15) is 14.0 Å². The van der Waals surface area contributed by atoms with Crippen LogP contribution in [0.1, 0.15) is 55.7 Å². The van der Waals surface area contributed by atoms with Crippen molar-refractivity contribution in [2.24, 2.45) is 0 Å². The number of amides is 2. The standard InChI is InChI=1S/C22H28FN3O3/c1-22(2,3)29-21(28)25-13-10-18(11-14-25)26-12-4-5-19(26)20(27)24-15-16-6-8-17(23)9-7-16/h4-9,12,18H,10-11,13-15H2,1-3H3,(H,24,27). The van der Waals surface area contributed by atoms with E-state index in [2.05, 4.69) is 5.32 Å². The molecule has 0 saturated carbocycles. The Morgan fingerprint density at radius 2 is 1.79 bits per heavy atom. The summed E-state index contributed by atoms with van der Waals surface area (Å²) < 4.78 is 20.4. The molecule has 1 aliphatic rings. The maximum Gasteiger partial charge on any atom is 0.410 e. The molecule has 0 unspecified atom stereocenters. The quantitative estimate of drug-likeness (QED) is 0.838. The summed E-state index contributed by atoms with van der Waals surface area (Å²) >= 11 is 0. The van der Waals surface area contributed by atoms with Crippen molar-refractivity contribution < 1.29 is 18.7 Å². The molecule has 1 aromatic heterocycles. The summed E-state index contributed by atoms with van der Waals surface area (Å²) in [4.78, 5) is 26.6. The van der Waals surface area contributed by atoms with Crippen LogP contribution in [0.5, 0.6) is 0 Å². The lowest BCUT2D eigenvalue weighted by molar-refractivity contribution is 0.0187. The SMILES string of the molecule is CC(C)(C)OC(=O)N1CCC(n2cccc2C(=O)NCc2ccc(F)cc2)CC1. The van der Waals surface area contributed by atoms with Crippen molar-refractivity contribution in [3.05, 3.63) is 59.7 Å². The zero-order valence-electron chi connectivity index (χ0n) is 17.2. The van der Waals surface area contributed by atoms with Crippen LogP contribution in [0.3, 0.4) is 0 Å². The van der Waals surface area contributed by atoms with E-state index in [0.29, 0.717) is 25.3 Å². The number of rotatable bonds is 4. The van der Waals surface area contributed by atoms with Crippen molar-refractivity contribution in [2.45, 2.75) is 51.8 Å². The Labute approximate surface area is 170 Å². The molecule has 0 radical (unpaired) electrons. The molecule has 0 aliphatic carbocycles. The van der Waals surface area contributed by atoms with E-state index in [-0.39, 0.29) is 23.9 Å². The predicted molar refractivity (Wildman–Crippen MR) is 108 cm³/mol. The molecule has 1 aliphatic heterocycles. The van der Waals surface area contributed by atoms with Crippen molar-refractivity contribution in [3.8, 4) is 0 Å². The third-order valence-corrected chi connectivity index (χ3v) is 4.89. The van der Waals surface area contributed by atoms with Crippen LogP contribution in [0, 0.1) is 5.82 Å². The van der Waals surface area contributed by atoms with Gasteiger partial charge in [-0.2, -0.15) is 0 Å². The first-order chi connectivity index (χ1) is 13.7. The zero-order chi connectivity index (χ0) is 21.0. The average molecular weight is 401 g/mol. The molecule has 3 rings (SSSR count). The molecular weight excluding hydrogens is 373 g/mol. The van der Waals surface area contributed by atoms with E-state index in [1.807, 2.05) is 37.6 Å². The zero-order valence-corrected chi connectivity index (χ0v) is 17.2. The molecule has 7 heteroatoms. The number of halogens is 1. The minimum atomic E-state index is -0.510. The molecular formula is C22H28FN3O3. The molecule has 29 heavy (non-hydrogen) atoms. The molecule has 0 atom stereocenters. The van der Waals surface area contributed by atoms with Crippen molar-refractivity contribution in [1.29, 1.82) is 0 Å². The fourth-order valence-corrected chi connectivity index (χ4v) is 3.43. The summed E-state index contributed by atoms with van der Waals surface area (Å²) in [7, 11) is 0. The summed E-state index contributed by atoms with van der Waals surface area (Å²) in [5, 5.41) is 2.89. The molecule has 2 amide bonds. The van der Waals surface area contributed by atoms with E-state index >= 15 is 0 Å². The van der Waals surface area contributed by atoms with Crippen molar-refractivity contribution in [2.75, 3.05) is 13.1 Å². The highest BCUT2D eigenvalue weighted by molar-refractivity contribution is 5.92. The average Bonchev–Trinajstić information content (AvgIpc) is 3.16. The Kier molecular flexibility index (Phi) is 6.25. The number of nitrogens with one attached hydrogen (secondary N) is 1. The van der Waals surface area contributed by atoms with E-state index in [0.717, 1.165) is 18.4 Å². The second kappa shape index (κ2) is 8.68. The van der Waals surface area contributed by atoms with Crippen LogP contribution in [0.2, 0.25) is 0 Å². The van der Waals surface area contributed by atoms with Gasteiger partial charge in [0.15, 0.2) is 0 Å². The van der Waals surface area contributed by atoms with Gasteiger partial charge in [0.05, 0.1) is 0 Å². The summed E-state index contributed by atoms with van der Waals surface area (Å²) in [6.07, 6.45) is 3.12. The van der Waals surface area contributed by atoms with Gasteiger partial charge in [-0.3, -0.25) is 4.79 Å². The largest absolute Gasteiger partial charge is 0.444 e. The molecule has 2 aromatic rings. The number of aromatic nitrogens is 1. The third kappa shape index (κ3) is 5.59. The number of carbonyl (C=O) groups is 2. The smallest absolute Gasteiger partial charge is 0.410 e. The van der Waals surface area contributed by atoms with Gasteiger partial charge in [0.25, 0.3) is 5.91 Å². The van der Waals surface area contributed by atoms with Gasteiger partial charge >= 0.3 is 6.09 Å². The molecule has 1 fully saturated rings. The number of nitrogens with zero attached hydrogens (tertiary/aromatic N) is 2. The van der Waals surface area contributed by atoms with E-state index in [1.54, 1.807) is 23.1 Å². The first-order valence-electron chi connectivity index (χ1n) is 9.90. The Morgan fingerprint density at radius 1 is 1.14 bits per heavy atom. The van der Waals surface area contributed by atoms with Crippen LogP contribution in [0.4, 0.5) is 9.18 Å². The van der Waals surface area contributed by atoms with Crippen LogP contribution in [0.15, 0.2) is 42.6 Å². The highest BCUT2D eigenvalue weighted by Gasteiger charge is 2.28. The lowest BCUT2D eigenvalue weighted by Crippen LogP contribution is -2.42. The number of carbonyl (C=O) groups excluding carboxylic acids is 2. The van der Waals surface area contributed by atoms with Gasteiger partial charge in [-0.05, 0) is 63.4 Å². The first kappa shape index (κ1) is 20.9. The van der Waals surface area contributed by atoms with Crippen molar-refractivity contribution in [3.63, 3.8) is 0 Å². The molecule has 1 saturated heterocycles. The predicted octanol–water partition coefficient (Wildman–Crippen LogP) is 4.13. The Morgan fingerprint density at radius 3 is 2.41 bits per heavy atom. The third-order valence-electron chi connectivity index (χ3n) is 4.89. The molecule has 0 bridgehead atoms. The second-order valence-corrected chi connectivity index (χ2v) is 8.31. The normalized spacial score (nSPS) is 15.2. The van der Waals surface area contributed by atoms with Crippen LogP contribution >= 0.6 is 0 Å². The maximum atomic E-state index is 13.0. The monoisotopic (exact) mass is 401 g/mol. The highest BCUT2D eigenvalue weighted by atomic mass is 19.1. The van der Waals surface area contributed by atoms with Crippen LogP contribution in [0.25, 0.3) is 0 Å². The second-order valence-electron chi connectivity index (χ2n) is 8.31. The molecule has 156 valence electrons. The fourth-order valence-electron chi connectivity index (χ4n) is 3.43. The van der Waals surface area contributed by atoms with Gasteiger partial charge in [0.1, 0.15) is 17.1 Å². The number of likely N-dealkylation sites (tertiary alicyclic amines) is 1. The van der Waals surface area contributed by atoms with Gasteiger partial charge in [-0.25, -0.2) is 9.18 Å². The number of hydrogen-bond donors (Lipinski definition) is 1. The number of piperidine rings is 1. The number of benzene rings is 1. The number of ether oxygens (including phenoxy) is 1. The minimum Gasteiger partial charge on any atom is -0.444 e. The van der Waals surface area contributed by atoms with Gasteiger partial charge < -0.3 is 19.5 Å². The van der Waals surface area contributed by atoms with Gasteiger partial charge in [0.2, 0.25) is 0 Å². The molecule has 1 N–H and O–H groups in total. The summed E-state index contributed by atoms with van der Waals surface area (Å²) in [5.41, 5.74) is 0.913. The number of hydrogen-bond acceptors (Lipinski definition) is 3. The fraction of sp³-hybridized carbons (Fsp3) is 0.455. The van der Waals surface area contributed by atoms with E-state index < -0.39 is 5.60 Å². The summed E-state index contributed by atoms with van der Waals surface area (Å²) in [6.45, 7) is 7.08. The summed E-state index contributed by atoms with van der Waals surface area (Å²) in [6, 6.07) is 9.86. The van der Waals surface area contributed by atoms with Gasteiger partial charge in [-0.15, -0.1) is 0 Å². The van der Waals surface area contributed by atoms with Crippen LogP contribution < -0.4 is 5.32 Å². The Balaban J connectivity index is 1.57. The highest BCUT2D eigenvalue weighted by Crippen LogP contribution is 2.25. The maximum absolute atomic E-state index is 13.0. The lowest BCUT2D eigenvalue weighted by atomic mass is 10.0. The van der Waals surface area contributed by atoms with Gasteiger partial charge in [0, 0.05) is 31.9 Å². The molecule has 1 aromatic carbocycles. The Hall–Kier alpha value is -2.83. The topological polar surface area (TPSA) is 63.6 Å². The van der Waals surface area contributed by atoms with Crippen molar-refractivity contribution >= 4 is 12.0 Å². The molecule has 0 spiro atoms. The summed E-state index contributed by atoms with van der Waals surface area (Å²) in [5.74, 6) is -0.472. The minimum absolute atomic E-state index is 0.148. The molecule has 6 nitrogen and oxygen atoms in total. The van der Waals surface area contributed by atoms with E-state index in [1.165, 1.54) is 12.1 Å². The van der Waals surface area contributed by atoms with Crippen LogP contribution in [-0.2, 0) is 11.3 Å². The molecule has 2 heterocycles. The van der Waals surface area contributed by atoms with Crippen molar-refractivity contribution in [1.82, 2.24) is 14.8 Å². The first-order valence-corrected chi connectivity index (χ1v) is 9.90. The Bertz CT molecular complexity index is 847.